The molecule has 2 amide bonds. The number of amides is 2. The lowest BCUT2D eigenvalue weighted by atomic mass is 9.99. The van der Waals surface area contributed by atoms with Crippen molar-refractivity contribution in [3.63, 3.8) is 0 Å². The Morgan fingerprint density at radius 2 is 1.86 bits per heavy atom. The molecule has 1 aromatic heterocycles. The molecule has 2 unspecified atom stereocenters. The smallest absolute Gasteiger partial charge is 0.386 e. The third-order valence-corrected chi connectivity index (χ3v) is 6.56. The van der Waals surface area contributed by atoms with Gasteiger partial charge in [0, 0.05) is 17.1 Å². The second-order valence-corrected chi connectivity index (χ2v) is 9.20. The van der Waals surface area contributed by atoms with Crippen molar-refractivity contribution in [1.29, 1.82) is 0 Å². The van der Waals surface area contributed by atoms with Crippen LogP contribution in [0.25, 0.3) is 0 Å². The molecule has 2 heterocycles. The van der Waals surface area contributed by atoms with E-state index in [2.05, 4.69) is 5.32 Å². The molecule has 0 spiro atoms. The molecule has 2 aromatic carbocycles. The summed E-state index contributed by atoms with van der Waals surface area (Å²) in [5.41, 5.74) is 0.824. The maximum absolute atomic E-state index is 12.8. The number of morpholine rings is 1. The number of hydrogen-bond donors (Lipinski definition) is 2. The van der Waals surface area contributed by atoms with E-state index in [9.17, 15) is 27.9 Å². The summed E-state index contributed by atoms with van der Waals surface area (Å²) in [5, 5.41) is 15.7. The molecule has 1 aliphatic rings. The maximum atomic E-state index is 12.8. The summed E-state index contributed by atoms with van der Waals surface area (Å²) < 4.78 is 43.9. The van der Waals surface area contributed by atoms with Gasteiger partial charge < -0.3 is 20.1 Å². The van der Waals surface area contributed by atoms with E-state index in [-0.39, 0.29) is 38.0 Å². The molecule has 0 saturated carbocycles. The average molecular weight is 505 g/mol. The van der Waals surface area contributed by atoms with Gasteiger partial charge in [0.1, 0.15) is 12.7 Å². The van der Waals surface area contributed by atoms with Crippen molar-refractivity contribution in [2.75, 3.05) is 18.5 Å². The Hall–Kier alpha value is -3.21. The van der Waals surface area contributed by atoms with Gasteiger partial charge in [-0.3, -0.25) is 9.59 Å². The number of alkyl halides is 3. The van der Waals surface area contributed by atoms with E-state index in [1.165, 1.54) is 28.4 Å². The molecule has 6 nitrogen and oxygen atoms in total. The van der Waals surface area contributed by atoms with Crippen LogP contribution in [0.3, 0.4) is 0 Å². The van der Waals surface area contributed by atoms with E-state index in [0.717, 1.165) is 17.0 Å². The first-order valence-electron chi connectivity index (χ1n) is 10.8. The van der Waals surface area contributed by atoms with Gasteiger partial charge in [-0.15, -0.1) is 11.3 Å². The Morgan fingerprint density at radius 1 is 1.14 bits per heavy atom. The fourth-order valence-electron chi connectivity index (χ4n) is 3.85. The summed E-state index contributed by atoms with van der Waals surface area (Å²) >= 11 is 1.50. The van der Waals surface area contributed by atoms with Crippen LogP contribution in [0.4, 0.5) is 18.9 Å². The first-order chi connectivity index (χ1) is 16.7. The second-order valence-electron chi connectivity index (χ2n) is 8.17. The number of carbonyl (C=O) groups is 2. The molecule has 0 bridgehead atoms. The quantitative estimate of drug-likeness (QED) is 0.500. The molecular weight excluding hydrogens is 481 g/mol. The molecular formula is C25H23F3N2O4S. The number of hydrogen-bond acceptors (Lipinski definition) is 5. The highest BCUT2D eigenvalue weighted by Gasteiger charge is 2.35. The number of carbonyl (C=O) groups excluding carboxylic acids is 2. The molecule has 2 N–H and O–H groups in total. The Bertz CT molecular complexity index is 1150. The van der Waals surface area contributed by atoms with Crippen molar-refractivity contribution in [2.45, 2.75) is 31.3 Å². The van der Waals surface area contributed by atoms with Crippen molar-refractivity contribution in [2.24, 2.45) is 0 Å². The Kier molecular flexibility index (Phi) is 7.54. The summed E-state index contributed by atoms with van der Waals surface area (Å²) in [7, 11) is 0. The van der Waals surface area contributed by atoms with E-state index >= 15 is 0 Å². The summed E-state index contributed by atoms with van der Waals surface area (Å²) in [6.45, 7) is -0.0508. The number of aliphatic hydroxyl groups is 1. The highest BCUT2D eigenvalue weighted by molar-refractivity contribution is 7.10. The third-order valence-electron chi connectivity index (χ3n) is 5.68. The van der Waals surface area contributed by atoms with Gasteiger partial charge in [-0.1, -0.05) is 30.3 Å². The van der Waals surface area contributed by atoms with Crippen LogP contribution in [0.15, 0.2) is 66.0 Å². The summed E-state index contributed by atoms with van der Waals surface area (Å²) in [6.07, 6.45) is -5.27. The molecule has 10 heteroatoms. The lowest BCUT2D eigenvalue weighted by Crippen LogP contribution is -2.51. The zero-order valence-corrected chi connectivity index (χ0v) is 19.3. The van der Waals surface area contributed by atoms with Gasteiger partial charge in [0.25, 0.3) is 0 Å². The van der Waals surface area contributed by atoms with Crippen LogP contribution in [0.1, 0.15) is 27.7 Å². The first kappa shape index (κ1) is 24.9. The number of nitrogens with zero attached hydrogens (tertiary/aromatic N) is 1. The minimum atomic E-state index is -4.44. The highest BCUT2D eigenvalue weighted by atomic mass is 32.1. The van der Waals surface area contributed by atoms with E-state index in [1.54, 1.807) is 24.3 Å². The summed E-state index contributed by atoms with van der Waals surface area (Å²) in [5.74, 6) is -0.521. The Balaban J connectivity index is 1.43. The van der Waals surface area contributed by atoms with Crippen LogP contribution in [-0.2, 0) is 33.5 Å². The number of halogens is 3. The van der Waals surface area contributed by atoms with Crippen LogP contribution in [-0.4, -0.2) is 41.1 Å². The molecule has 184 valence electrons. The van der Waals surface area contributed by atoms with E-state index in [4.69, 9.17) is 4.74 Å². The topological polar surface area (TPSA) is 78.9 Å². The molecule has 0 radical (unpaired) electrons. The van der Waals surface area contributed by atoms with Crippen molar-refractivity contribution in [3.8, 4) is 0 Å². The molecule has 1 aliphatic heterocycles. The predicted octanol–water partition coefficient (Wildman–Crippen LogP) is 4.41. The van der Waals surface area contributed by atoms with Gasteiger partial charge >= 0.3 is 6.18 Å². The third kappa shape index (κ3) is 6.27. The summed E-state index contributed by atoms with van der Waals surface area (Å²) in [4.78, 5) is 27.1. The van der Waals surface area contributed by atoms with Crippen LogP contribution < -0.4 is 5.32 Å². The van der Waals surface area contributed by atoms with Crippen LogP contribution in [0, 0.1) is 0 Å². The lowest BCUT2D eigenvalue weighted by Gasteiger charge is -2.38. The first-order valence-corrected chi connectivity index (χ1v) is 11.7. The number of ether oxygens (including phenoxy) is 1. The summed E-state index contributed by atoms with van der Waals surface area (Å²) in [6, 6.07) is 14.3. The van der Waals surface area contributed by atoms with Crippen LogP contribution in [0.5, 0.6) is 0 Å². The molecule has 1 fully saturated rings. The van der Waals surface area contributed by atoms with E-state index in [1.807, 2.05) is 17.5 Å². The molecule has 3 aromatic rings. The van der Waals surface area contributed by atoms with E-state index < -0.39 is 23.9 Å². The number of anilines is 1. The van der Waals surface area contributed by atoms with Crippen molar-refractivity contribution in [1.82, 2.24) is 4.90 Å². The van der Waals surface area contributed by atoms with Crippen molar-refractivity contribution in [3.05, 3.63) is 87.6 Å². The molecule has 4 rings (SSSR count). The van der Waals surface area contributed by atoms with Crippen molar-refractivity contribution < 1.29 is 32.6 Å². The van der Waals surface area contributed by atoms with Gasteiger partial charge in [0.2, 0.25) is 11.8 Å². The number of nitrogens with one attached hydrogen (secondary N) is 1. The zero-order chi connectivity index (χ0) is 25.0. The average Bonchev–Trinajstić information content (AvgIpc) is 3.33. The minimum absolute atomic E-state index is 0.0406. The molecule has 0 aliphatic carbocycles. The minimum Gasteiger partial charge on any atom is -0.386 e. The second kappa shape index (κ2) is 10.6. The van der Waals surface area contributed by atoms with Gasteiger partial charge in [-0.25, -0.2) is 0 Å². The fraction of sp³-hybridized carbons (Fsp3) is 0.280. The molecule has 35 heavy (non-hydrogen) atoms. The largest absolute Gasteiger partial charge is 0.416 e. The van der Waals surface area contributed by atoms with Gasteiger partial charge in [0.15, 0.2) is 0 Å². The van der Waals surface area contributed by atoms with E-state index in [0.29, 0.717) is 16.8 Å². The van der Waals surface area contributed by atoms with Gasteiger partial charge in [-0.05, 0) is 46.8 Å². The molecule has 1 saturated heterocycles. The van der Waals surface area contributed by atoms with Crippen LogP contribution >= 0.6 is 11.3 Å². The maximum Gasteiger partial charge on any atom is 0.416 e. The number of thiophene rings is 1. The van der Waals surface area contributed by atoms with Gasteiger partial charge in [-0.2, -0.15) is 13.2 Å². The highest BCUT2D eigenvalue weighted by Crippen LogP contribution is 2.30. The van der Waals surface area contributed by atoms with Crippen molar-refractivity contribution >= 4 is 28.8 Å². The number of rotatable bonds is 7. The normalized spacial score (nSPS) is 17.3. The number of aliphatic hydroxyl groups excluding tert-OH is 1. The zero-order valence-electron chi connectivity index (χ0n) is 18.5. The lowest BCUT2D eigenvalue weighted by molar-refractivity contribution is -0.155. The standard InChI is InChI=1S/C25H23F3N2O4S/c26-25(27,28)18-7-3-16(4-8-18)13-30-21(14-34-15-23(30)32)24(33)17-5-9-19(10-6-17)29-22(31)12-20-2-1-11-35-20/h1-11,21,24,33H,12-15H2,(H,29,31). The molecule has 2 atom stereocenters. The predicted molar refractivity (Wildman–Crippen MR) is 125 cm³/mol. The fourth-order valence-corrected chi connectivity index (χ4v) is 4.55. The van der Waals surface area contributed by atoms with Crippen LogP contribution in [0.2, 0.25) is 0 Å². The SMILES string of the molecule is O=C(Cc1cccs1)Nc1ccc(C(O)C2COCC(=O)N2Cc2ccc(C(F)(F)F)cc2)cc1. The Morgan fingerprint density at radius 3 is 2.49 bits per heavy atom. The number of benzene rings is 2. The Labute approximate surface area is 204 Å². The van der Waals surface area contributed by atoms with Gasteiger partial charge in [0.05, 0.1) is 24.6 Å². The monoisotopic (exact) mass is 504 g/mol.